The van der Waals surface area contributed by atoms with Crippen molar-refractivity contribution in [3.8, 4) is 0 Å². The van der Waals surface area contributed by atoms with Crippen molar-refractivity contribution in [2.45, 2.75) is 0 Å². The van der Waals surface area contributed by atoms with Crippen molar-refractivity contribution in [1.82, 2.24) is 9.97 Å². The molecule has 0 atom stereocenters. The van der Waals surface area contributed by atoms with Crippen molar-refractivity contribution in [3.05, 3.63) is 52.6 Å². The fourth-order valence-corrected chi connectivity index (χ4v) is 2.83. The Kier molecular flexibility index (Phi) is 3.93. The van der Waals surface area contributed by atoms with Crippen LogP contribution in [0.1, 0.15) is 20.7 Å². The van der Waals surface area contributed by atoms with E-state index >= 15 is 0 Å². The summed E-state index contributed by atoms with van der Waals surface area (Å²) in [5.74, 6) is -2.44. The van der Waals surface area contributed by atoms with Crippen LogP contribution in [-0.2, 0) is 0 Å². The third-order valence-corrected chi connectivity index (χ3v) is 4.13. The fraction of sp³-hybridized carbons (Fsp3) is 0. The number of carboxylic acid groups (broad SMARTS) is 1. The second-order valence-corrected chi connectivity index (χ2v) is 5.85. The van der Waals surface area contributed by atoms with E-state index in [0.717, 1.165) is 23.6 Å². The van der Waals surface area contributed by atoms with E-state index in [1.54, 1.807) is 6.07 Å². The lowest BCUT2D eigenvalue weighted by Crippen LogP contribution is -2.12. The van der Waals surface area contributed by atoms with E-state index in [-0.39, 0.29) is 21.4 Å². The number of carbonyl (C=O) groups excluding carboxylic acids is 1. The van der Waals surface area contributed by atoms with E-state index in [1.807, 2.05) is 0 Å². The topological polar surface area (TPSA) is 92.2 Å². The minimum atomic E-state index is -1.05. The summed E-state index contributed by atoms with van der Waals surface area (Å²) < 4.78 is 13.9. The van der Waals surface area contributed by atoms with Crippen LogP contribution in [0.15, 0.2) is 30.5 Å². The number of rotatable bonds is 3. The molecule has 0 unspecified atom stereocenters. The first-order valence-corrected chi connectivity index (χ1v) is 7.40. The number of halogens is 2. The summed E-state index contributed by atoms with van der Waals surface area (Å²) in [7, 11) is 0. The number of aromatic carboxylic acids is 1. The molecular formula is C14H7ClFN3O3S. The highest BCUT2D eigenvalue weighted by molar-refractivity contribution is 7.22. The van der Waals surface area contributed by atoms with Gasteiger partial charge in [-0.1, -0.05) is 22.9 Å². The normalized spacial score (nSPS) is 10.7. The van der Waals surface area contributed by atoms with Crippen LogP contribution in [0.25, 0.3) is 10.2 Å². The first kappa shape index (κ1) is 15.3. The van der Waals surface area contributed by atoms with Gasteiger partial charge >= 0.3 is 5.97 Å². The Balaban J connectivity index is 1.87. The number of nitrogens with one attached hydrogen (secondary N) is 1. The van der Waals surface area contributed by atoms with E-state index < -0.39 is 17.7 Å². The van der Waals surface area contributed by atoms with Crippen molar-refractivity contribution in [2.75, 3.05) is 5.32 Å². The molecule has 6 nitrogen and oxygen atoms in total. The fourth-order valence-electron chi connectivity index (χ4n) is 1.83. The van der Waals surface area contributed by atoms with Crippen LogP contribution >= 0.6 is 22.9 Å². The summed E-state index contributed by atoms with van der Waals surface area (Å²) in [4.78, 5) is 30.7. The van der Waals surface area contributed by atoms with Gasteiger partial charge in [0.15, 0.2) is 16.1 Å². The summed E-state index contributed by atoms with van der Waals surface area (Å²) in [6.45, 7) is 0. The van der Waals surface area contributed by atoms with Gasteiger partial charge in [-0.3, -0.25) is 10.1 Å². The first-order valence-electron chi connectivity index (χ1n) is 6.20. The Hall–Kier alpha value is -2.58. The lowest BCUT2D eigenvalue weighted by Gasteiger charge is -2.01. The van der Waals surface area contributed by atoms with Gasteiger partial charge in [-0.25, -0.2) is 19.2 Å². The molecule has 0 aliphatic heterocycles. The molecule has 0 aliphatic rings. The van der Waals surface area contributed by atoms with Crippen LogP contribution in [0, 0.1) is 5.82 Å². The van der Waals surface area contributed by atoms with Crippen LogP contribution in [-0.4, -0.2) is 27.0 Å². The third-order valence-electron chi connectivity index (χ3n) is 2.91. The van der Waals surface area contributed by atoms with E-state index in [2.05, 4.69) is 15.3 Å². The molecule has 0 radical (unpaired) electrons. The van der Waals surface area contributed by atoms with Crippen LogP contribution in [0.3, 0.4) is 0 Å². The van der Waals surface area contributed by atoms with Crippen molar-refractivity contribution in [1.29, 1.82) is 0 Å². The highest BCUT2D eigenvalue weighted by atomic mass is 35.5. The number of aromatic nitrogens is 2. The molecule has 1 aromatic carbocycles. The SMILES string of the molecule is O=C(O)c1ccc2nc(NC(=O)c3cnc(Cl)c(F)c3)sc2c1. The van der Waals surface area contributed by atoms with Gasteiger partial charge < -0.3 is 5.11 Å². The van der Waals surface area contributed by atoms with Crippen molar-refractivity contribution >= 4 is 50.2 Å². The summed E-state index contributed by atoms with van der Waals surface area (Å²) in [6, 6.07) is 5.41. The van der Waals surface area contributed by atoms with Gasteiger partial charge in [0.05, 0.1) is 21.3 Å². The number of carboxylic acids is 1. The zero-order valence-corrected chi connectivity index (χ0v) is 12.8. The van der Waals surface area contributed by atoms with Crippen LogP contribution < -0.4 is 5.32 Å². The maximum atomic E-state index is 13.3. The van der Waals surface area contributed by atoms with Crippen molar-refractivity contribution in [2.24, 2.45) is 0 Å². The predicted molar refractivity (Wildman–Crippen MR) is 83.7 cm³/mol. The number of hydrogen-bond acceptors (Lipinski definition) is 5. The summed E-state index contributed by atoms with van der Waals surface area (Å²) in [5.41, 5.74) is 0.677. The summed E-state index contributed by atoms with van der Waals surface area (Å²) in [5, 5.41) is 11.4. The van der Waals surface area contributed by atoms with E-state index in [0.29, 0.717) is 10.2 Å². The molecule has 23 heavy (non-hydrogen) atoms. The molecule has 0 aliphatic carbocycles. The minimum Gasteiger partial charge on any atom is -0.478 e. The molecule has 116 valence electrons. The van der Waals surface area contributed by atoms with Crippen LogP contribution in [0.2, 0.25) is 5.15 Å². The van der Waals surface area contributed by atoms with Gasteiger partial charge in [0.25, 0.3) is 5.91 Å². The maximum Gasteiger partial charge on any atom is 0.335 e. The summed E-state index contributed by atoms with van der Waals surface area (Å²) >= 11 is 6.58. The molecule has 0 saturated carbocycles. The molecule has 3 aromatic rings. The van der Waals surface area contributed by atoms with Gasteiger partial charge in [-0.05, 0) is 24.3 Å². The second-order valence-electron chi connectivity index (χ2n) is 4.46. The quantitative estimate of drug-likeness (QED) is 0.705. The maximum absolute atomic E-state index is 13.3. The number of benzene rings is 1. The predicted octanol–water partition coefficient (Wildman–Crippen LogP) is 3.43. The molecule has 0 fully saturated rings. The number of hydrogen-bond donors (Lipinski definition) is 2. The lowest BCUT2D eigenvalue weighted by atomic mass is 10.2. The molecule has 3 rings (SSSR count). The first-order chi connectivity index (χ1) is 10.9. The molecule has 0 spiro atoms. The number of thiazole rings is 1. The molecule has 1 amide bonds. The van der Waals surface area contributed by atoms with Gasteiger partial charge in [-0.2, -0.15) is 0 Å². The zero-order valence-electron chi connectivity index (χ0n) is 11.2. The van der Waals surface area contributed by atoms with E-state index in [1.165, 1.54) is 12.1 Å². The molecule has 0 bridgehead atoms. The monoisotopic (exact) mass is 351 g/mol. The standard InChI is InChI=1S/C14H7ClFN3O3S/c15-11-8(16)3-7(5-17-11)12(20)19-14-18-9-2-1-6(13(21)22)4-10(9)23-14/h1-5H,(H,21,22)(H,18,19,20). The Bertz CT molecular complexity index is 944. The number of fused-ring (bicyclic) bond motifs is 1. The van der Waals surface area contributed by atoms with Crippen LogP contribution in [0.5, 0.6) is 0 Å². The average Bonchev–Trinajstić information content (AvgIpc) is 2.90. The lowest BCUT2D eigenvalue weighted by molar-refractivity contribution is 0.0697. The second kappa shape index (κ2) is 5.90. The van der Waals surface area contributed by atoms with Crippen LogP contribution in [0.4, 0.5) is 9.52 Å². The third kappa shape index (κ3) is 3.13. The summed E-state index contributed by atoms with van der Waals surface area (Å²) in [6.07, 6.45) is 1.15. The Morgan fingerprint density at radius 3 is 2.74 bits per heavy atom. The van der Waals surface area contributed by atoms with Gasteiger partial charge in [0, 0.05) is 6.20 Å². The largest absolute Gasteiger partial charge is 0.478 e. The van der Waals surface area contributed by atoms with Crippen molar-refractivity contribution < 1.29 is 19.1 Å². The van der Waals surface area contributed by atoms with Gasteiger partial charge in [0.1, 0.15) is 0 Å². The molecule has 2 aromatic heterocycles. The average molecular weight is 352 g/mol. The molecule has 2 N–H and O–H groups in total. The van der Waals surface area contributed by atoms with Crippen molar-refractivity contribution in [3.63, 3.8) is 0 Å². The molecular weight excluding hydrogens is 345 g/mol. The highest BCUT2D eigenvalue weighted by Crippen LogP contribution is 2.27. The molecule has 2 heterocycles. The van der Waals surface area contributed by atoms with E-state index in [4.69, 9.17) is 16.7 Å². The number of anilines is 1. The smallest absolute Gasteiger partial charge is 0.335 e. The van der Waals surface area contributed by atoms with E-state index in [9.17, 15) is 14.0 Å². The Labute approximate surface area is 137 Å². The van der Waals surface area contributed by atoms with Gasteiger partial charge in [-0.15, -0.1) is 0 Å². The van der Waals surface area contributed by atoms with Gasteiger partial charge in [0.2, 0.25) is 0 Å². The number of carbonyl (C=O) groups is 2. The molecule has 9 heteroatoms. The zero-order chi connectivity index (χ0) is 16.6. The Morgan fingerprint density at radius 1 is 1.26 bits per heavy atom. The number of pyridine rings is 1. The molecule has 0 saturated heterocycles. The number of nitrogens with zero attached hydrogens (tertiary/aromatic N) is 2. The minimum absolute atomic E-state index is 0.00242. The number of amides is 1. The highest BCUT2D eigenvalue weighted by Gasteiger charge is 2.13. The Morgan fingerprint density at radius 2 is 2.04 bits per heavy atom.